The molecular formula is C15H17ClOSi. The Balaban J connectivity index is 2.05. The summed E-state index contributed by atoms with van der Waals surface area (Å²) in [5.74, 6) is 0. The Labute approximate surface area is 115 Å². The normalized spacial score (nSPS) is 11.5. The van der Waals surface area contributed by atoms with E-state index in [4.69, 9.17) is 16.0 Å². The molecule has 94 valence electrons. The molecule has 18 heavy (non-hydrogen) atoms. The van der Waals surface area contributed by atoms with Gasteiger partial charge in [-0.25, -0.2) is 0 Å². The second-order valence-electron chi connectivity index (χ2n) is 4.79. The van der Waals surface area contributed by atoms with E-state index in [1.165, 1.54) is 10.8 Å². The molecule has 2 rings (SSSR count). The fraction of sp³-hybridized carbons (Fsp3) is 0.200. The molecule has 0 bridgehead atoms. The van der Waals surface area contributed by atoms with Gasteiger partial charge in [-0.1, -0.05) is 54.1 Å². The molecule has 0 atom stereocenters. The zero-order valence-electron chi connectivity index (χ0n) is 10.7. The molecule has 0 fully saturated rings. The minimum atomic E-state index is -1.84. The summed E-state index contributed by atoms with van der Waals surface area (Å²) in [6.45, 7) is 5.08. The van der Waals surface area contributed by atoms with Crippen molar-refractivity contribution in [2.45, 2.75) is 19.7 Å². The van der Waals surface area contributed by atoms with Gasteiger partial charge in [-0.15, -0.1) is 0 Å². The first-order chi connectivity index (χ1) is 8.58. The molecule has 0 aliphatic heterocycles. The molecule has 0 aliphatic rings. The molecule has 0 spiro atoms. The maximum atomic E-state index is 6.14. The molecule has 0 amide bonds. The van der Waals surface area contributed by atoms with Crippen molar-refractivity contribution in [1.29, 1.82) is 0 Å². The van der Waals surface area contributed by atoms with Crippen LogP contribution in [0.25, 0.3) is 0 Å². The van der Waals surface area contributed by atoms with E-state index < -0.39 is 8.32 Å². The van der Waals surface area contributed by atoms with Crippen LogP contribution in [0.15, 0.2) is 54.6 Å². The number of hydrogen-bond donors (Lipinski definition) is 0. The average molecular weight is 277 g/mol. The Morgan fingerprint density at radius 3 is 2.17 bits per heavy atom. The Hall–Kier alpha value is -1.09. The van der Waals surface area contributed by atoms with Crippen molar-refractivity contribution >= 4 is 25.1 Å². The highest BCUT2D eigenvalue weighted by molar-refractivity contribution is 6.84. The highest BCUT2D eigenvalue weighted by atomic mass is 35.5. The predicted octanol–water partition coefficient (Wildman–Crippen LogP) is 3.97. The molecular weight excluding hydrogens is 260 g/mol. The molecule has 0 saturated heterocycles. The van der Waals surface area contributed by atoms with Crippen molar-refractivity contribution < 1.29 is 4.43 Å². The van der Waals surface area contributed by atoms with Crippen LogP contribution in [0.1, 0.15) is 5.56 Å². The largest absolute Gasteiger partial charge is 0.409 e. The average Bonchev–Trinajstić information content (AvgIpc) is 2.38. The van der Waals surface area contributed by atoms with Gasteiger partial charge in [-0.3, -0.25) is 0 Å². The molecule has 3 heteroatoms. The van der Waals surface area contributed by atoms with Crippen molar-refractivity contribution in [2.24, 2.45) is 0 Å². The molecule has 0 radical (unpaired) electrons. The predicted molar refractivity (Wildman–Crippen MR) is 79.8 cm³/mol. The third kappa shape index (κ3) is 3.45. The Morgan fingerprint density at radius 2 is 1.56 bits per heavy atom. The van der Waals surface area contributed by atoms with E-state index >= 15 is 0 Å². The number of rotatable bonds is 4. The van der Waals surface area contributed by atoms with Crippen LogP contribution in [0, 0.1) is 0 Å². The highest BCUT2D eigenvalue weighted by Crippen LogP contribution is 2.12. The van der Waals surface area contributed by atoms with Gasteiger partial charge in [0.1, 0.15) is 0 Å². The molecule has 0 saturated carbocycles. The fourth-order valence-electron chi connectivity index (χ4n) is 1.77. The Morgan fingerprint density at radius 1 is 0.944 bits per heavy atom. The summed E-state index contributed by atoms with van der Waals surface area (Å²) in [6, 6.07) is 18.3. The van der Waals surface area contributed by atoms with Gasteiger partial charge in [-0.2, -0.15) is 0 Å². The van der Waals surface area contributed by atoms with E-state index in [1.807, 2.05) is 30.3 Å². The molecule has 2 aromatic carbocycles. The summed E-state index contributed by atoms with van der Waals surface area (Å²) in [6.07, 6.45) is 0. The van der Waals surface area contributed by atoms with Crippen molar-refractivity contribution in [3.63, 3.8) is 0 Å². The van der Waals surface area contributed by atoms with E-state index in [0.29, 0.717) is 6.61 Å². The highest BCUT2D eigenvalue weighted by Gasteiger charge is 2.25. The molecule has 0 heterocycles. The third-order valence-corrected chi connectivity index (χ3v) is 5.82. The van der Waals surface area contributed by atoms with E-state index in [2.05, 4.69) is 37.4 Å². The van der Waals surface area contributed by atoms with Gasteiger partial charge in [0, 0.05) is 5.02 Å². The van der Waals surface area contributed by atoms with Crippen molar-refractivity contribution in [1.82, 2.24) is 0 Å². The molecule has 0 unspecified atom stereocenters. The summed E-state index contributed by atoms with van der Waals surface area (Å²) in [4.78, 5) is 0. The van der Waals surface area contributed by atoms with Gasteiger partial charge in [0.05, 0.1) is 6.61 Å². The lowest BCUT2D eigenvalue weighted by Gasteiger charge is -2.23. The summed E-state index contributed by atoms with van der Waals surface area (Å²) < 4.78 is 6.14. The Bertz CT molecular complexity index is 494. The van der Waals surface area contributed by atoms with Gasteiger partial charge >= 0.3 is 0 Å². The minimum absolute atomic E-state index is 0.669. The maximum Gasteiger partial charge on any atom is 0.218 e. The topological polar surface area (TPSA) is 9.23 Å². The molecule has 2 aromatic rings. The first kappa shape index (κ1) is 13.3. The van der Waals surface area contributed by atoms with Crippen LogP contribution in [0.4, 0.5) is 0 Å². The second-order valence-corrected chi connectivity index (χ2v) is 9.11. The summed E-state index contributed by atoms with van der Waals surface area (Å²) in [5.41, 5.74) is 1.21. The second kappa shape index (κ2) is 5.70. The van der Waals surface area contributed by atoms with Crippen LogP contribution >= 0.6 is 11.6 Å². The lowest BCUT2D eigenvalue weighted by molar-refractivity contribution is 0.304. The van der Waals surface area contributed by atoms with Gasteiger partial charge in [0.25, 0.3) is 0 Å². The van der Waals surface area contributed by atoms with Crippen molar-refractivity contribution in [2.75, 3.05) is 0 Å². The third-order valence-electron chi connectivity index (χ3n) is 2.98. The lowest BCUT2D eigenvalue weighted by atomic mass is 10.2. The van der Waals surface area contributed by atoms with Gasteiger partial charge in [-0.05, 0) is 36.0 Å². The number of halogens is 1. The zero-order chi connectivity index (χ0) is 13.0. The molecule has 0 aromatic heterocycles. The van der Waals surface area contributed by atoms with E-state index in [9.17, 15) is 0 Å². The molecule has 0 N–H and O–H groups in total. The van der Waals surface area contributed by atoms with Gasteiger partial charge in [0.2, 0.25) is 8.32 Å². The smallest absolute Gasteiger partial charge is 0.218 e. The Kier molecular flexibility index (Phi) is 4.22. The number of hydrogen-bond acceptors (Lipinski definition) is 1. The van der Waals surface area contributed by atoms with E-state index in [-0.39, 0.29) is 0 Å². The maximum absolute atomic E-state index is 6.14. The first-order valence-corrected chi connectivity index (χ1v) is 9.30. The SMILES string of the molecule is C[Si](C)(OCc1ccccc1)c1ccc(Cl)cc1. The van der Waals surface area contributed by atoms with Gasteiger partial charge < -0.3 is 4.43 Å². The molecule has 1 nitrogen and oxygen atoms in total. The quantitative estimate of drug-likeness (QED) is 0.768. The van der Waals surface area contributed by atoms with Crippen LogP contribution in [-0.4, -0.2) is 8.32 Å². The minimum Gasteiger partial charge on any atom is -0.409 e. The van der Waals surface area contributed by atoms with E-state index in [1.54, 1.807) is 0 Å². The van der Waals surface area contributed by atoms with Crippen LogP contribution in [-0.2, 0) is 11.0 Å². The summed E-state index contributed by atoms with van der Waals surface area (Å²) in [7, 11) is -1.84. The van der Waals surface area contributed by atoms with Crippen LogP contribution in [0.2, 0.25) is 18.1 Å². The summed E-state index contributed by atoms with van der Waals surface area (Å²) in [5, 5.41) is 2.04. The molecule has 0 aliphatic carbocycles. The van der Waals surface area contributed by atoms with Gasteiger partial charge in [0.15, 0.2) is 0 Å². The standard InChI is InChI=1S/C15H17ClOSi/c1-18(2,15-10-8-14(16)9-11-15)17-12-13-6-4-3-5-7-13/h3-11H,12H2,1-2H3. The van der Waals surface area contributed by atoms with Crippen LogP contribution in [0.3, 0.4) is 0 Å². The fourth-order valence-corrected chi connectivity index (χ4v) is 3.56. The van der Waals surface area contributed by atoms with Crippen molar-refractivity contribution in [3.8, 4) is 0 Å². The number of benzene rings is 2. The van der Waals surface area contributed by atoms with E-state index in [0.717, 1.165) is 5.02 Å². The zero-order valence-corrected chi connectivity index (χ0v) is 12.4. The van der Waals surface area contributed by atoms with Crippen molar-refractivity contribution in [3.05, 3.63) is 65.2 Å². The monoisotopic (exact) mass is 276 g/mol. The lowest BCUT2D eigenvalue weighted by Crippen LogP contribution is -2.44. The first-order valence-electron chi connectivity index (χ1n) is 6.02. The van der Waals surface area contributed by atoms with Crippen LogP contribution in [0.5, 0.6) is 0 Å². The van der Waals surface area contributed by atoms with Crippen LogP contribution < -0.4 is 5.19 Å². The summed E-state index contributed by atoms with van der Waals surface area (Å²) >= 11 is 5.91.